The van der Waals surface area contributed by atoms with Gasteiger partial charge in [-0.2, -0.15) is 0 Å². The van der Waals surface area contributed by atoms with E-state index in [4.69, 9.17) is 15.9 Å². The lowest BCUT2D eigenvalue weighted by molar-refractivity contribution is -0.134. The van der Waals surface area contributed by atoms with Gasteiger partial charge in [-0.25, -0.2) is 4.79 Å². The molecule has 0 aromatic heterocycles. The molecule has 0 saturated heterocycles. The summed E-state index contributed by atoms with van der Waals surface area (Å²) in [6.45, 7) is 0.201. The Bertz CT molecular complexity index is 252. The van der Waals surface area contributed by atoms with Crippen LogP contribution in [0.1, 0.15) is 19.3 Å². The largest absolute Gasteiger partial charge is 0.466 e. The number of ether oxygens (including phenoxy) is 3. The summed E-state index contributed by atoms with van der Waals surface area (Å²) in [5, 5.41) is 0. The Balaban J connectivity index is 3.59. The first kappa shape index (κ1) is 14.7. The number of hydrogen-bond acceptors (Lipinski definition) is 4. The van der Waals surface area contributed by atoms with Crippen molar-refractivity contribution in [1.29, 1.82) is 0 Å². The maximum Gasteiger partial charge on any atom is 0.330 e. The molecule has 0 heterocycles. The van der Waals surface area contributed by atoms with E-state index in [0.717, 1.165) is 19.3 Å². The lowest BCUT2D eigenvalue weighted by atomic mass is 10.1. The van der Waals surface area contributed by atoms with Gasteiger partial charge in [0.2, 0.25) is 0 Å². The monoisotopic (exact) mass is 226 g/mol. The van der Waals surface area contributed by atoms with Gasteiger partial charge in [-0.15, -0.1) is 6.42 Å². The summed E-state index contributed by atoms with van der Waals surface area (Å²) in [7, 11) is 2.90. The van der Waals surface area contributed by atoms with Crippen molar-refractivity contribution in [3.05, 3.63) is 12.2 Å². The van der Waals surface area contributed by atoms with E-state index >= 15 is 0 Å². The fourth-order valence-corrected chi connectivity index (χ4v) is 1.03. The Labute approximate surface area is 96.6 Å². The first-order valence-corrected chi connectivity index (χ1v) is 5.05. The van der Waals surface area contributed by atoms with Gasteiger partial charge >= 0.3 is 5.97 Å². The van der Waals surface area contributed by atoms with Crippen molar-refractivity contribution in [2.75, 3.05) is 21.0 Å². The molecule has 0 aliphatic carbocycles. The Morgan fingerprint density at radius 3 is 2.81 bits per heavy atom. The summed E-state index contributed by atoms with van der Waals surface area (Å²) in [4.78, 5) is 10.7. The van der Waals surface area contributed by atoms with Gasteiger partial charge in [-0.3, -0.25) is 0 Å². The molecule has 0 aromatic rings. The second kappa shape index (κ2) is 10.2. The zero-order valence-electron chi connectivity index (χ0n) is 9.77. The molecule has 4 heteroatoms. The first-order valence-electron chi connectivity index (χ1n) is 5.05. The Morgan fingerprint density at radius 2 is 2.25 bits per heavy atom. The number of allylic oxidation sites excluding steroid dienone is 1. The van der Waals surface area contributed by atoms with Crippen molar-refractivity contribution in [1.82, 2.24) is 0 Å². The Hall–Kier alpha value is -1.31. The minimum Gasteiger partial charge on any atom is -0.466 e. The van der Waals surface area contributed by atoms with Crippen LogP contribution in [0.5, 0.6) is 0 Å². The number of hydrogen-bond donors (Lipinski definition) is 0. The van der Waals surface area contributed by atoms with Crippen LogP contribution in [0.15, 0.2) is 12.2 Å². The molecule has 0 aliphatic heterocycles. The van der Waals surface area contributed by atoms with Crippen LogP contribution in [0, 0.1) is 12.3 Å². The fraction of sp³-hybridized carbons (Fsp3) is 0.583. The maximum atomic E-state index is 10.7. The number of rotatable bonds is 8. The van der Waals surface area contributed by atoms with Crippen LogP contribution in [0.2, 0.25) is 0 Å². The van der Waals surface area contributed by atoms with Gasteiger partial charge in [-0.05, 0) is 19.3 Å². The van der Waals surface area contributed by atoms with Gasteiger partial charge in [-0.1, -0.05) is 12.0 Å². The second-order valence-corrected chi connectivity index (χ2v) is 3.08. The highest BCUT2D eigenvalue weighted by Crippen LogP contribution is 2.05. The number of carbonyl (C=O) groups is 1. The van der Waals surface area contributed by atoms with Gasteiger partial charge in [0.15, 0.2) is 0 Å². The molecule has 16 heavy (non-hydrogen) atoms. The summed E-state index contributed by atoms with van der Waals surface area (Å²) in [5.41, 5.74) is 0. The van der Waals surface area contributed by atoms with Gasteiger partial charge in [0.1, 0.15) is 12.9 Å². The standard InChI is InChI=1S/C12H18O4/c1-4-11(16-10-14-2)8-6-5-7-9-12(13)15-3/h1,7,9,11H,5-6,8,10H2,2-3H3/b9-7+. The van der Waals surface area contributed by atoms with E-state index in [2.05, 4.69) is 10.7 Å². The summed E-state index contributed by atoms with van der Waals surface area (Å²) < 4.78 is 14.4. The predicted molar refractivity (Wildman–Crippen MR) is 60.6 cm³/mol. The molecule has 0 aromatic carbocycles. The minimum atomic E-state index is -0.343. The second-order valence-electron chi connectivity index (χ2n) is 3.08. The summed E-state index contributed by atoms with van der Waals surface area (Å²) in [5.74, 6) is 2.19. The van der Waals surface area contributed by atoms with E-state index < -0.39 is 0 Å². The molecule has 0 radical (unpaired) electrons. The molecule has 0 bridgehead atoms. The molecule has 0 aliphatic rings. The molecular weight excluding hydrogens is 208 g/mol. The minimum absolute atomic E-state index is 0.201. The van der Waals surface area contributed by atoms with Crippen LogP contribution in [0.4, 0.5) is 0 Å². The number of carbonyl (C=O) groups excluding carboxylic acids is 1. The van der Waals surface area contributed by atoms with E-state index in [1.165, 1.54) is 13.2 Å². The topological polar surface area (TPSA) is 44.8 Å². The average Bonchev–Trinajstić information content (AvgIpc) is 2.32. The highest BCUT2D eigenvalue weighted by molar-refractivity contribution is 5.81. The molecule has 1 unspecified atom stereocenters. The van der Waals surface area contributed by atoms with Crippen LogP contribution in [-0.4, -0.2) is 33.1 Å². The zero-order valence-corrected chi connectivity index (χ0v) is 9.77. The molecule has 4 nitrogen and oxygen atoms in total. The lowest BCUT2D eigenvalue weighted by Gasteiger charge is -2.10. The number of terminal acetylenes is 1. The zero-order chi connectivity index (χ0) is 12.2. The van der Waals surface area contributed by atoms with Crippen molar-refractivity contribution in [2.24, 2.45) is 0 Å². The van der Waals surface area contributed by atoms with Crippen molar-refractivity contribution in [3.63, 3.8) is 0 Å². The number of esters is 1. The molecule has 0 rings (SSSR count). The average molecular weight is 226 g/mol. The van der Waals surface area contributed by atoms with Crippen molar-refractivity contribution >= 4 is 5.97 Å². The first-order chi connectivity index (χ1) is 7.74. The van der Waals surface area contributed by atoms with Crippen molar-refractivity contribution in [3.8, 4) is 12.3 Å². The van der Waals surface area contributed by atoms with Crippen LogP contribution in [0.3, 0.4) is 0 Å². The van der Waals surface area contributed by atoms with Crippen molar-refractivity contribution in [2.45, 2.75) is 25.4 Å². The van der Waals surface area contributed by atoms with Gasteiger partial charge in [0.25, 0.3) is 0 Å². The third-order valence-electron chi connectivity index (χ3n) is 1.87. The third kappa shape index (κ3) is 8.04. The molecular formula is C12H18O4. The molecule has 0 N–H and O–H groups in total. The summed E-state index contributed by atoms with van der Waals surface area (Å²) in [6, 6.07) is 0. The van der Waals surface area contributed by atoms with Gasteiger partial charge in [0.05, 0.1) is 7.11 Å². The molecule has 0 amide bonds. The number of methoxy groups -OCH3 is 2. The molecule has 1 atom stereocenters. The molecule has 0 fully saturated rings. The quantitative estimate of drug-likeness (QED) is 0.207. The van der Waals surface area contributed by atoms with Crippen LogP contribution < -0.4 is 0 Å². The smallest absolute Gasteiger partial charge is 0.330 e. The van der Waals surface area contributed by atoms with E-state index in [9.17, 15) is 4.79 Å². The fourth-order valence-electron chi connectivity index (χ4n) is 1.03. The van der Waals surface area contributed by atoms with Crippen LogP contribution >= 0.6 is 0 Å². The SMILES string of the molecule is C#CC(CCC/C=C/C(=O)OC)OCOC. The van der Waals surface area contributed by atoms with Crippen LogP contribution in [-0.2, 0) is 19.0 Å². The van der Waals surface area contributed by atoms with Gasteiger partial charge < -0.3 is 14.2 Å². The highest BCUT2D eigenvalue weighted by Gasteiger charge is 2.03. The molecule has 0 spiro atoms. The number of unbranched alkanes of at least 4 members (excludes halogenated alkanes) is 1. The van der Waals surface area contributed by atoms with E-state index in [-0.39, 0.29) is 18.9 Å². The summed E-state index contributed by atoms with van der Waals surface area (Å²) in [6.07, 6.45) is 10.6. The predicted octanol–water partition coefficient (Wildman–Crippen LogP) is 1.51. The normalized spacial score (nSPS) is 12.3. The Morgan fingerprint density at radius 1 is 1.50 bits per heavy atom. The van der Waals surface area contributed by atoms with Crippen molar-refractivity contribution < 1.29 is 19.0 Å². The van der Waals surface area contributed by atoms with Crippen LogP contribution in [0.25, 0.3) is 0 Å². The third-order valence-corrected chi connectivity index (χ3v) is 1.87. The molecule has 0 saturated carbocycles. The van der Waals surface area contributed by atoms with Gasteiger partial charge in [0, 0.05) is 13.2 Å². The summed E-state index contributed by atoms with van der Waals surface area (Å²) >= 11 is 0. The Kier molecular flexibility index (Phi) is 9.38. The molecule has 90 valence electrons. The van der Waals surface area contributed by atoms with E-state index in [1.54, 1.807) is 13.2 Å². The highest BCUT2D eigenvalue weighted by atomic mass is 16.7. The van der Waals surface area contributed by atoms with E-state index in [0.29, 0.717) is 0 Å². The maximum absolute atomic E-state index is 10.7. The van der Waals surface area contributed by atoms with E-state index in [1.807, 2.05) is 0 Å². The lowest BCUT2D eigenvalue weighted by Crippen LogP contribution is -2.11.